The van der Waals surface area contributed by atoms with Gasteiger partial charge in [-0.1, -0.05) is 51.3 Å². The van der Waals surface area contributed by atoms with Gasteiger partial charge in [-0.25, -0.2) is 0 Å². The van der Waals surface area contributed by atoms with Crippen LogP contribution in [0.5, 0.6) is 11.5 Å². The highest BCUT2D eigenvalue weighted by molar-refractivity contribution is 5.75. The minimum absolute atomic E-state index is 0.0758. The molecular weight excluding hydrogens is 314 g/mol. The molecule has 4 nitrogen and oxygen atoms in total. The van der Waals surface area contributed by atoms with Gasteiger partial charge in [0.05, 0.1) is 7.11 Å². The molecule has 0 spiro atoms. The van der Waals surface area contributed by atoms with E-state index in [9.17, 15) is 9.90 Å². The summed E-state index contributed by atoms with van der Waals surface area (Å²) in [5, 5.41) is 12.5. The quantitative estimate of drug-likeness (QED) is 0.415. The first-order chi connectivity index (χ1) is 12.0. The average Bonchev–Trinajstić information content (AvgIpc) is 2.59. The van der Waals surface area contributed by atoms with E-state index in [4.69, 9.17) is 4.74 Å². The normalized spacial score (nSPS) is 11.2. The molecule has 1 aromatic carbocycles. The van der Waals surface area contributed by atoms with Crippen molar-refractivity contribution in [3.8, 4) is 11.5 Å². The molecule has 0 aromatic heterocycles. The van der Waals surface area contributed by atoms with Gasteiger partial charge in [0.25, 0.3) is 0 Å². The summed E-state index contributed by atoms with van der Waals surface area (Å²) in [6, 6.07) is 5.10. The van der Waals surface area contributed by atoms with Crippen molar-refractivity contribution < 1.29 is 14.6 Å². The summed E-state index contributed by atoms with van der Waals surface area (Å²) in [5.41, 5.74) is 0.914. The summed E-state index contributed by atoms with van der Waals surface area (Å²) in [6.07, 6.45) is 12.0. The number of phenols is 1. The molecule has 1 aromatic rings. The van der Waals surface area contributed by atoms with Crippen LogP contribution >= 0.6 is 0 Å². The monoisotopic (exact) mass is 347 g/mol. The van der Waals surface area contributed by atoms with Gasteiger partial charge in [0.15, 0.2) is 11.5 Å². The molecule has 0 saturated heterocycles. The van der Waals surface area contributed by atoms with Crippen LogP contribution in [-0.2, 0) is 11.3 Å². The fraction of sp³-hybridized carbons (Fsp3) is 0.571. The Morgan fingerprint density at radius 2 is 1.92 bits per heavy atom. The lowest BCUT2D eigenvalue weighted by atomic mass is 10.1. The molecule has 0 unspecified atom stereocenters. The van der Waals surface area contributed by atoms with Crippen LogP contribution in [0.25, 0.3) is 0 Å². The average molecular weight is 347 g/mol. The minimum atomic E-state index is 0.0758. The molecule has 1 rings (SSSR count). The first-order valence-electron chi connectivity index (χ1n) is 9.32. The maximum absolute atomic E-state index is 11.9. The third-order valence-corrected chi connectivity index (χ3v) is 4.03. The fourth-order valence-electron chi connectivity index (χ4n) is 2.57. The van der Waals surface area contributed by atoms with E-state index in [1.165, 1.54) is 26.4 Å². The van der Waals surface area contributed by atoms with Gasteiger partial charge in [-0.15, -0.1) is 0 Å². The molecule has 0 fully saturated rings. The number of methoxy groups -OCH3 is 1. The molecule has 140 valence electrons. The number of unbranched alkanes of at least 4 members (excludes halogenated alkanes) is 5. The van der Waals surface area contributed by atoms with Crippen molar-refractivity contribution >= 4 is 5.91 Å². The maximum Gasteiger partial charge on any atom is 0.220 e. The zero-order chi connectivity index (χ0) is 18.5. The standard InChI is InChI=1S/C21H33NO3/c1-17(2)11-9-7-5-4-6-8-10-12-21(24)22-16-18-13-14-19(23)20(15-18)25-3/h9,11,13-15,17,23H,4-8,10,12,16H2,1-3H3,(H,22,24). The number of amides is 1. The molecule has 0 radical (unpaired) electrons. The zero-order valence-electron chi connectivity index (χ0n) is 15.9. The molecule has 1 amide bonds. The fourth-order valence-corrected chi connectivity index (χ4v) is 2.57. The van der Waals surface area contributed by atoms with Gasteiger partial charge in [-0.3, -0.25) is 4.79 Å². The van der Waals surface area contributed by atoms with E-state index in [1.807, 2.05) is 0 Å². The van der Waals surface area contributed by atoms with Crippen molar-refractivity contribution in [2.24, 2.45) is 5.92 Å². The highest BCUT2D eigenvalue weighted by Crippen LogP contribution is 2.26. The van der Waals surface area contributed by atoms with Crippen LogP contribution < -0.4 is 10.1 Å². The van der Waals surface area contributed by atoms with Crippen LogP contribution in [0.2, 0.25) is 0 Å². The van der Waals surface area contributed by atoms with Gasteiger partial charge >= 0.3 is 0 Å². The molecular formula is C21H33NO3. The first-order valence-corrected chi connectivity index (χ1v) is 9.32. The predicted molar refractivity (Wildman–Crippen MR) is 103 cm³/mol. The molecule has 4 heteroatoms. The van der Waals surface area contributed by atoms with E-state index in [0.29, 0.717) is 24.6 Å². The molecule has 0 aliphatic heterocycles. The number of allylic oxidation sites excluding steroid dienone is 2. The second-order valence-electron chi connectivity index (χ2n) is 6.76. The van der Waals surface area contributed by atoms with E-state index in [-0.39, 0.29) is 11.7 Å². The highest BCUT2D eigenvalue weighted by Gasteiger charge is 2.05. The van der Waals surface area contributed by atoms with Crippen LogP contribution in [0.1, 0.15) is 64.4 Å². The Kier molecular flexibility index (Phi) is 10.5. The molecule has 0 aliphatic carbocycles. The lowest BCUT2D eigenvalue weighted by Crippen LogP contribution is -2.22. The molecule has 2 N–H and O–H groups in total. The Morgan fingerprint density at radius 1 is 1.20 bits per heavy atom. The second kappa shape index (κ2) is 12.4. The summed E-state index contributed by atoms with van der Waals surface area (Å²) in [5.74, 6) is 1.25. The molecule has 0 aliphatic rings. The van der Waals surface area contributed by atoms with Gasteiger partial charge in [0.2, 0.25) is 5.91 Å². The van der Waals surface area contributed by atoms with Crippen molar-refractivity contribution in [2.75, 3.05) is 7.11 Å². The van der Waals surface area contributed by atoms with Crippen LogP contribution in [0, 0.1) is 5.92 Å². The summed E-state index contributed by atoms with van der Waals surface area (Å²) in [7, 11) is 1.51. The number of phenolic OH excluding ortho intramolecular Hbond substituents is 1. The van der Waals surface area contributed by atoms with Gasteiger partial charge in [0, 0.05) is 13.0 Å². The van der Waals surface area contributed by atoms with Gasteiger partial charge < -0.3 is 15.2 Å². The van der Waals surface area contributed by atoms with Gasteiger partial charge in [0.1, 0.15) is 0 Å². The first kappa shape index (κ1) is 21.1. The van der Waals surface area contributed by atoms with Crippen molar-refractivity contribution in [2.45, 2.75) is 65.3 Å². The highest BCUT2D eigenvalue weighted by atomic mass is 16.5. The Labute approximate surface area is 152 Å². The number of benzene rings is 1. The third-order valence-electron chi connectivity index (χ3n) is 4.03. The number of carbonyl (C=O) groups excluding carboxylic acids is 1. The Bertz CT molecular complexity index is 538. The topological polar surface area (TPSA) is 58.6 Å². The number of rotatable bonds is 12. The second-order valence-corrected chi connectivity index (χ2v) is 6.76. The number of hydrogen-bond donors (Lipinski definition) is 2. The molecule has 0 heterocycles. The lowest BCUT2D eigenvalue weighted by molar-refractivity contribution is -0.121. The zero-order valence-corrected chi connectivity index (χ0v) is 15.9. The molecule has 0 saturated carbocycles. The van der Waals surface area contributed by atoms with E-state index in [1.54, 1.807) is 18.2 Å². The smallest absolute Gasteiger partial charge is 0.220 e. The minimum Gasteiger partial charge on any atom is -0.504 e. The summed E-state index contributed by atoms with van der Waals surface area (Å²) >= 11 is 0. The Hall–Kier alpha value is -1.97. The lowest BCUT2D eigenvalue weighted by Gasteiger charge is -2.08. The summed E-state index contributed by atoms with van der Waals surface area (Å²) in [6.45, 7) is 4.84. The number of carbonyl (C=O) groups is 1. The van der Waals surface area contributed by atoms with Crippen molar-refractivity contribution in [3.05, 3.63) is 35.9 Å². The van der Waals surface area contributed by atoms with E-state index in [0.717, 1.165) is 24.8 Å². The van der Waals surface area contributed by atoms with E-state index in [2.05, 4.69) is 31.3 Å². The maximum atomic E-state index is 11.9. The molecule has 0 bridgehead atoms. The van der Waals surface area contributed by atoms with Crippen molar-refractivity contribution in [1.29, 1.82) is 0 Å². The van der Waals surface area contributed by atoms with E-state index < -0.39 is 0 Å². The van der Waals surface area contributed by atoms with Crippen molar-refractivity contribution in [3.63, 3.8) is 0 Å². The predicted octanol–water partition coefficient (Wildman–Crippen LogP) is 4.96. The number of hydrogen-bond acceptors (Lipinski definition) is 3. The number of nitrogens with one attached hydrogen (secondary N) is 1. The van der Waals surface area contributed by atoms with Crippen LogP contribution in [0.3, 0.4) is 0 Å². The van der Waals surface area contributed by atoms with Gasteiger partial charge in [-0.2, -0.15) is 0 Å². The van der Waals surface area contributed by atoms with Crippen molar-refractivity contribution in [1.82, 2.24) is 5.32 Å². The molecule has 0 atom stereocenters. The Balaban J connectivity index is 2.07. The van der Waals surface area contributed by atoms with E-state index >= 15 is 0 Å². The summed E-state index contributed by atoms with van der Waals surface area (Å²) < 4.78 is 5.06. The third kappa shape index (κ3) is 9.80. The Morgan fingerprint density at radius 3 is 2.64 bits per heavy atom. The summed E-state index contributed by atoms with van der Waals surface area (Å²) in [4.78, 5) is 11.9. The molecule has 25 heavy (non-hydrogen) atoms. The SMILES string of the molecule is COc1cc(CNC(=O)CCCCCCCC=CC(C)C)ccc1O. The van der Waals surface area contributed by atoms with Crippen LogP contribution in [0.15, 0.2) is 30.4 Å². The number of aromatic hydroxyl groups is 1. The van der Waals surface area contributed by atoms with Gasteiger partial charge in [-0.05, 0) is 42.9 Å². The van der Waals surface area contributed by atoms with Crippen LogP contribution in [-0.4, -0.2) is 18.1 Å². The largest absolute Gasteiger partial charge is 0.504 e. The van der Waals surface area contributed by atoms with Crippen LogP contribution in [0.4, 0.5) is 0 Å². The number of ether oxygens (including phenoxy) is 1.